The van der Waals surface area contributed by atoms with Gasteiger partial charge in [0.25, 0.3) is 0 Å². The quantitative estimate of drug-likeness (QED) is 0.275. The van der Waals surface area contributed by atoms with E-state index in [1.807, 2.05) is 0 Å². The number of aromatic nitrogens is 1. The summed E-state index contributed by atoms with van der Waals surface area (Å²) >= 11 is 1.18. The van der Waals surface area contributed by atoms with Gasteiger partial charge in [-0.05, 0) is 42.0 Å². The molecule has 2 aromatic carbocycles. The van der Waals surface area contributed by atoms with Crippen LogP contribution in [0.4, 0.5) is 5.13 Å². The fourth-order valence-electron chi connectivity index (χ4n) is 3.34. The van der Waals surface area contributed by atoms with Crippen LogP contribution < -0.4 is 19.5 Å². The molecule has 1 amide bonds. The Labute approximate surface area is 214 Å². The van der Waals surface area contributed by atoms with Crippen LogP contribution in [-0.4, -0.2) is 58.0 Å². The highest BCUT2D eigenvalue weighted by atomic mass is 32.2. The Morgan fingerprint density at radius 3 is 2.25 bits per heavy atom. The number of amides is 1. The first kappa shape index (κ1) is 26.9. The predicted molar refractivity (Wildman–Crippen MR) is 143 cm³/mol. The number of ether oxygens (including phenoxy) is 3. The van der Waals surface area contributed by atoms with Gasteiger partial charge in [0.1, 0.15) is 0 Å². The topological polar surface area (TPSA) is 107 Å². The fraction of sp³-hybridized carbons (Fsp3) is 0.200. The summed E-state index contributed by atoms with van der Waals surface area (Å²) in [6, 6.07) is 8.08. The second-order valence-corrected chi connectivity index (χ2v) is 10.3. The number of fused-ring (bicyclic) bond motifs is 1. The maximum atomic E-state index is 13.0. The van der Waals surface area contributed by atoms with Crippen molar-refractivity contribution < 1.29 is 27.4 Å². The lowest BCUT2D eigenvalue weighted by atomic mass is 10.1. The summed E-state index contributed by atoms with van der Waals surface area (Å²) in [7, 11) is 0.791. The number of carbonyl (C=O) groups excluding carboxylic acids is 1. The number of benzene rings is 2. The van der Waals surface area contributed by atoms with Crippen molar-refractivity contribution in [3.05, 3.63) is 67.3 Å². The second-order valence-electron chi connectivity index (χ2n) is 7.33. The van der Waals surface area contributed by atoms with Gasteiger partial charge in [-0.25, -0.2) is 13.4 Å². The number of hydrogen-bond donors (Lipinski definition) is 1. The SMILES string of the molecule is C=CCN(CC=C)S(=O)(=O)c1ccc2nc(NC(=O)C=Cc3cc(OC)c(OC)c(OC)c3)sc2c1. The van der Waals surface area contributed by atoms with E-state index in [1.54, 1.807) is 30.3 Å². The Hall–Kier alpha value is -3.67. The molecule has 0 atom stereocenters. The number of hydrogen-bond acceptors (Lipinski definition) is 8. The minimum Gasteiger partial charge on any atom is -0.493 e. The standard InChI is InChI=1S/C25H27N3O6S2/c1-6-12-28(13-7-2)36(30,31)18-9-10-19-22(16-18)35-25(26-19)27-23(29)11-8-17-14-20(32-3)24(34-5)21(15-17)33-4/h6-11,14-16H,1-2,12-13H2,3-5H3,(H,26,27,29). The van der Waals surface area contributed by atoms with Crippen LogP contribution in [0, 0.1) is 0 Å². The molecule has 3 rings (SSSR count). The lowest BCUT2D eigenvalue weighted by Crippen LogP contribution is -2.31. The molecule has 190 valence electrons. The molecule has 0 saturated carbocycles. The number of thiazole rings is 1. The third kappa shape index (κ3) is 5.93. The molecule has 1 aromatic heterocycles. The summed E-state index contributed by atoms with van der Waals surface area (Å²) in [4.78, 5) is 17.0. The molecule has 0 aliphatic rings. The highest BCUT2D eigenvalue weighted by molar-refractivity contribution is 7.89. The molecule has 0 spiro atoms. The maximum absolute atomic E-state index is 13.0. The van der Waals surface area contributed by atoms with Crippen molar-refractivity contribution in [2.75, 3.05) is 39.7 Å². The van der Waals surface area contributed by atoms with Crippen molar-refractivity contribution in [3.63, 3.8) is 0 Å². The number of anilines is 1. The van der Waals surface area contributed by atoms with Gasteiger partial charge in [0, 0.05) is 19.2 Å². The molecule has 3 aromatic rings. The van der Waals surface area contributed by atoms with Crippen LogP contribution >= 0.6 is 11.3 Å². The van der Waals surface area contributed by atoms with Gasteiger partial charge in [0.2, 0.25) is 21.7 Å². The molecular weight excluding hydrogens is 502 g/mol. The van der Waals surface area contributed by atoms with Crippen LogP contribution in [0.2, 0.25) is 0 Å². The van der Waals surface area contributed by atoms with E-state index >= 15 is 0 Å². The van der Waals surface area contributed by atoms with Crippen LogP contribution in [0.3, 0.4) is 0 Å². The lowest BCUT2D eigenvalue weighted by molar-refractivity contribution is -0.111. The van der Waals surface area contributed by atoms with Gasteiger partial charge in [0.15, 0.2) is 16.6 Å². The first-order valence-corrected chi connectivity index (χ1v) is 12.9. The molecule has 1 heterocycles. The van der Waals surface area contributed by atoms with Crippen LogP contribution in [0.25, 0.3) is 16.3 Å². The molecule has 1 N–H and O–H groups in total. The Kier molecular flexibility index (Phi) is 8.86. The number of methoxy groups -OCH3 is 3. The van der Waals surface area contributed by atoms with E-state index in [0.29, 0.717) is 38.2 Å². The first-order chi connectivity index (χ1) is 17.3. The molecule has 0 aliphatic heterocycles. The molecule has 36 heavy (non-hydrogen) atoms. The zero-order valence-corrected chi connectivity index (χ0v) is 21.8. The van der Waals surface area contributed by atoms with E-state index in [1.165, 1.54) is 61.3 Å². The number of rotatable bonds is 12. The third-order valence-corrected chi connectivity index (χ3v) is 7.77. The van der Waals surface area contributed by atoms with Crippen LogP contribution in [0.5, 0.6) is 17.2 Å². The Morgan fingerprint density at radius 2 is 1.69 bits per heavy atom. The average Bonchev–Trinajstić information content (AvgIpc) is 3.27. The van der Waals surface area contributed by atoms with Crippen molar-refractivity contribution in [1.82, 2.24) is 9.29 Å². The van der Waals surface area contributed by atoms with Gasteiger partial charge in [-0.15, -0.1) is 13.2 Å². The highest BCUT2D eigenvalue weighted by Gasteiger charge is 2.23. The van der Waals surface area contributed by atoms with Crippen molar-refractivity contribution in [2.24, 2.45) is 0 Å². The van der Waals surface area contributed by atoms with E-state index in [-0.39, 0.29) is 18.0 Å². The monoisotopic (exact) mass is 529 g/mol. The smallest absolute Gasteiger partial charge is 0.250 e. The molecule has 11 heteroatoms. The van der Waals surface area contributed by atoms with Crippen molar-refractivity contribution in [3.8, 4) is 17.2 Å². The summed E-state index contributed by atoms with van der Waals surface area (Å²) in [6.07, 6.45) is 5.99. The first-order valence-electron chi connectivity index (χ1n) is 10.7. The van der Waals surface area contributed by atoms with E-state index < -0.39 is 15.9 Å². The highest BCUT2D eigenvalue weighted by Crippen LogP contribution is 2.38. The molecule has 0 radical (unpaired) electrons. The predicted octanol–water partition coefficient (Wildman–Crippen LogP) is 4.34. The van der Waals surface area contributed by atoms with E-state index in [9.17, 15) is 13.2 Å². The summed E-state index contributed by atoms with van der Waals surface area (Å²) in [6.45, 7) is 7.56. The number of nitrogens with zero attached hydrogens (tertiary/aromatic N) is 2. The van der Waals surface area contributed by atoms with Gasteiger partial charge in [0.05, 0.1) is 36.4 Å². The molecule has 0 aliphatic carbocycles. The number of nitrogens with one attached hydrogen (secondary N) is 1. The van der Waals surface area contributed by atoms with Gasteiger partial charge in [-0.1, -0.05) is 23.5 Å². The van der Waals surface area contributed by atoms with Crippen LogP contribution in [-0.2, 0) is 14.8 Å². The largest absolute Gasteiger partial charge is 0.493 e. The van der Waals surface area contributed by atoms with Gasteiger partial charge >= 0.3 is 0 Å². The summed E-state index contributed by atoms with van der Waals surface area (Å²) in [5.74, 6) is 0.982. The van der Waals surface area contributed by atoms with Crippen molar-refractivity contribution >= 4 is 48.7 Å². The normalized spacial score (nSPS) is 11.6. The molecule has 0 bridgehead atoms. The van der Waals surface area contributed by atoms with Crippen LogP contribution in [0.1, 0.15) is 5.56 Å². The van der Waals surface area contributed by atoms with E-state index in [4.69, 9.17) is 14.2 Å². The number of sulfonamides is 1. The summed E-state index contributed by atoms with van der Waals surface area (Å²) < 4.78 is 43.9. The lowest BCUT2D eigenvalue weighted by Gasteiger charge is -2.18. The average molecular weight is 530 g/mol. The Bertz CT molecular complexity index is 1380. The van der Waals surface area contributed by atoms with Gasteiger partial charge in [-0.3, -0.25) is 10.1 Å². The summed E-state index contributed by atoms with van der Waals surface area (Å²) in [5.41, 5.74) is 1.24. The Balaban J connectivity index is 1.80. The van der Waals surface area contributed by atoms with Gasteiger partial charge < -0.3 is 14.2 Å². The molecule has 0 fully saturated rings. The third-order valence-electron chi connectivity index (χ3n) is 5.01. The molecular formula is C25H27N3O6S2. The summed E-state index contributed by atoms with van der Waals surface area (Å²) in [5, 5.41) is 3.05. The van der Waals surface area contributed by atoms with Crippen molar-refractivity contribution in [2.45, 2.75) is 4.90 Å². The molecule has 0 unspecified atom stereocenters. The molecule has 9 nitrogen and oxygen atoms in total. The maximum Gasteiger partial charge on any atom is 0.250 e. The van der Waals surface area contributed by atoms with E-state index in [2.05, 4.69) is 23.5 Å². The fourth-order valence-corrected chi connectivity index (χ4v) is 5.73. The zero-order valence-electron chi connectivity index (χ0n) is 20.2. The van der Waals surface area contributed by atoms with Gasteiger partial charge in [-0.2, -0.15) is 4.31 Å². The minimum atomic E-state index is -3.74. The van der Waals surface area contributed by atoms with Crippen LogP contribution in [0.15, 0.2) is 66.6 Å². The van der Waals surface area contributed by atoms with E-state index in [0.717, 1.165) is 0 Å². The Morgan fingerprint density at radius 1 is 1.06 bits per heavy atom. The number of carbonyl (C=O) groups is 1. The van der Waals surface area contributed by atoms with Crippen molar-refractivity contribution in [1.29, 1.82) is 0 Å². The molecule has 0 saturated heterocycles. The second kappa shape index (κ2) is 11.8. The zero-order chi connectivity index (χ0) is 26.3. The minimum absolute atomic E-state index is 0.127.